The number of pyridine rings is 1. The molecule has 4 rings (SSSR count). The van der Waals surface area contributed by atoms with E-state index in [0.717, 1.165) is 49.9 Å². The zero-order chi connectivity index (χ0) is 26.0. The Kier molecular flexibility index (Phi) is 10.4. The molecule has 2 aliphatic rings. The highest BCUT2D eigenvalue weighted by Gasteiger charge is 2.30. The Morgan fingerprint density at radius 1 is 1.08 bits per heavy atom. The van der Waals surface area contributed by atoms with Crippen molar-refractivity contribution in [3.63, 3.8) is 0 Å². The maximum absolute atomic E-state index is 13.9. The molecule has 1 aromatic heterocycles. The first kappa shape index (κ1) is 27.6. The van der Waals surface area contributed by atoms with Crippen molar-refractivity contribution in [1.82, 2.24) is 15.2 Å². The van der Waals surface area contributed by atoms with Crippen LogP contribution in [0.5, 0.6) is 11.5 Å². The minimum Gasteiger partial charge on any atom is -0.490 e. The van der Waals surface area contributed by atoms with Gasteiger partial charge in [0.2, 0.25) is 0 Å². The summed E-state index contributed by atoms with van der Waals surface area (Å²) < 4.78 is 23.0. The Balaban J connectivity index is 1.68. The Morgan fingerprint density at radius 3 is 2.59 bits per heavy atom. The molecule has 1 N–H and O–H groups in total. The van der Waals surface area contributed by atoms with Gasteiger partial charge in [-0.25, -0.2) is 4.98 Å². The predicted octanol–water partition coefficient (Wildman–Crippen LogP) is 4.94. The fourth-order valence-electron chi connectivity index (χ4n) is 5.43. The van der Waals surface area contributed by atoms with Gasteiger partial charge < -0.3 is 29.2 Å². The molecule has 1 aliphatic heterocycles. The van der Waals surface area contributed by atoms with Crippen LogP contribution in [0.15, 0.2) is 24.3 Å². The molecule has 37 heavy (non-hydrogen) atoms. The van der Waals surface area contributed by atoms with Crippen LogP contribution in [0, 0.1) is 0 Å². The van der Waals surface area contributed by atoms with E-state index < -0.39 is 0 Å². The molecule has 2 heterocycles. The van der Waals surface area contributed by atoms with Crippen molar-refractivity contribution in [3.05, 3.63) is 30.0 Å². The molecular formula is C29H43N3O5. The van der Waals surface area contributed by atoms with Crippen LogP contribution in [-0.4, -0.2) is 74.2 Å². The molecule has 1 saturated heterocycles. The number of hydrogen-bond acceptors (Lipinski definition) is 7. The summed E-state index contributed by atoms with van der Waals surface area (Å²) in [6, 6.07) is 7.89. The van der Waals surface area contributed by atoms with E-state index in [1.807, 2.05) is 23.1 Å². The lowest BCUT2D eigenvalue weighted by atomic mass is 10.0. The predicted molar refractivity (Wildman–Crippen MR) is 144 cm³/mol. The fourth-order valence-corrected chi connectivity index (χ4v) is 5.43. The van der Waals surface area contributed by atoms with E-state index in [1.165, 1.54) is 25.7 Å². The number of nitrogens with one attached hydrogen (secondary N) is 1. The van der Waals surface area contributed by atoms with Crippen molar-refractivity contribution < 1.29 is 23.7 Å². The number of benzene rings is 1. The molecule has 2 fully saturated rings. The summed E-state index contributed by atoms with van der Waals surface area (Å²) >= 11 is 0. The molecule has 1 atom stereocenters. The van der Waals surface area contributed by atoms with Gasteiger partial charge in [0.1, 0.15) is 36.1 Å². The van der Waals surface area contributed by atoms with Crippen molar-refractivity contribution in [2.75, 3.05) is 40.2 Å². The minimum absolute atomic E-state index is 0.0548. The second-order valence-electron chi connectivity index (χ2n) is 10.4. The van der Waals surface area contributed by atoms with Gasteiger partial charge in [0.15, 0.2) is 0 Å². The van der Waals surface area contributed by atoms with Crippen LogP contribution in [0.25, 0.3) is 10.9 Å². The number of amides is 1. The standard InChI is InChI=1S/C29H43N3O5/c1-21(2)32(22-10-9-15-30-19-22)29(33)25-18-27(36-17-16-35-20-34-3)24-13-8-14-26(28(24)31-25)37-23-11-6-4-5-7-12-23/h8,13-14,18,21-23,30H,4-7,9-12,15-17,19-20H2,1-3H3/t22-/m1/s1. The van der Waals surface area contributed by atoms with Crippen molar-refractivity contribution in [2.45, 2.75) is 83.4 Å². The van der Waals surface area contributed by atoms with Crippen LogP contribution in [0.2, 0.25) is 0 Å². The number of aromatic nitrogens is 1. The summed E-state index contributed by atoms with van der Waals surface area (Å²) in [5.74, 6) is 1.26. The Labute approximate surface area is 221 Å². The first-order valence-electron chi connectivity index (χ1n) is 13.9. The number of nitrogens with zero attached hydrogens (tertiary/aromatic N) is 2. The summed E-state index contributed by atoms with van der Waals surface area (Å²) in [6.07, 6.45) is 9.19. The van der Waals surface area contributed by atoms with Crippen molar-refractivity contribution in [2.24, 2.45) is 0 Å². The largest absolute Gasteiger partial charge is 0.490 e. The zero-order valence-corrected chi connectivity index (χ0v) is 22.7. The maximum Gasteiger partial charge on any atom is 0.273 e. The molecule has 8 heteroatoms. The monoisotopic (exact) mass is 513 g/mol. The third-order valence-electron chi connectivity index (χ3n) is 7.22. The first-order valence-corrected chi connectivity index (χ1v) is 13.9. The minimum atomic E-state index is -0.0737. The fraction of sp³-hybridized carbons (Fsp3) is 0.655. The lowest BCUT2D eigenvalue weighted by Gasteiger charge is -2.37. The van der Waals surface area contributed by atoms with Gasteiger partial charge in [0.05, 0.1) is 12.7 Å². The number of ether oxygens (including phenoxy) is 4. The van der Waals surface area contributed by atoms with E-state index in [2.05, 4.69) is 19.2 Å². The first-order chi connectivity index (χ1) is 18.1. The number of piperidine rings is 1. The van der Waals surface area contributed by atoms with Crippen LogP contribution in [-0.2, 0) is 9.47 Å². The van der Waals surface area contributed by atoms with E-state index in [0.29, 0.717) is 30.2 Å². The van der Waals surface area contributed by atoms with Crippen LogP contribution < -0.4 is 14.8 Å². The number of rotatable bonds is 11. The van der Waals surface area contributed by atoms with E-state index in [-0.39, 0.29) is 30.9 Å². The maximum atomic E-state index is 13.9. The SMILES string of the molecule is COCOCCOc1cc(C(=O)N(C(C)C)[C@@H]2CCCNC2)nc2c(OC3CCCCCC3)cccc12. The molecule has 1 amide bonds. The second-order valence-corrected chi connectivity index (χ2v) is 10.4. The normalized spacial score (nSPS) is 19.1. The van der Waals surface area contributed by atoms with E-state index >= 15 is 0 Å². The third-order valence-corrected chi connectivity index (χ3v) is 7.22. The lowest BCUT2D eigenvalue weighted by Crippen LogP contribution is -2.51. The number of carbonyl (C=O) groups is 1. The zero-order valence-electron chi connectivity index (χ0n) is 22.7. The molecule has 204 valence electrons. The Hall–Kier alpha value is -2.42. The van der Waals surface area contributed by atoms with Crippen LogP contribution >= 0.6 is 0 Å². The molecule has 1 saturated carbocycles. The smallest absolute Gasteiger partial charge is 0.273 e. The van der Waals surface area contributed by atoms with Gasteiger partial charge in [-0.2, -0.15) is 0 Å². The molecule has 8 nitrogen and oxygen atoms in total. The highest BCUT2D eigenvalue weighted by Crippen LogP contribution is 2.34. The topological polar surface area (TPSA) is 82.2 Å². The highest BCUT2D eigenvalue weighted by atomic mass is 16.7. The summed E-state index contributed by atoms with van der Waals surface area (Å²) in [5, 5.41) is 4.28. The number of methoxy groups -OCH3 is 1. The number of hydrogen-bond donors (Lipinski definition) is 1. The Bertz CT molecular complexity index is 1000. The molecule has 0 spiro atoms. The average Bonchev–Trinajstić information content (AvgIpc) is 3.18. The summed E-state index contributed by atoms with van der Waals surface area (Å²) in [4.78, 5) is 20.8. The number of para-hydroxylation sites is 1. The van der Waals surface area contributed by atoms with Crippen LogP contribution in [0.4, 0.5) is 0 Å². The molecule has 1 aromatic carbocycles. The van der Waals surface area contributed by atoms with E-state index in [1.54, 1.807) is 13.2 Å². The van der Waals surface area contributed by atoms with Crippen molar-refractivity contribution >= 4 is 16.8 Å². The number of carbonyl (C=O) groups excluding carboxylic acids is 1. The van der Waals surface area contributed by atoms with Gasteiger partial charge in [-0.15, -0.1) is 0 Å². The highest BCUT2D eigenvalue weighted by molar-refractivity contribution is 5.98. The van der Waals surface area contributed by atoms with Crippen molar-refractivity contribution in [3.8, 4) is 11.5 Å². The molecule has 0 unspecified atom stereocenters. The van der Waals surface area contributed by atoms with Gasteiger partial charge in [-0.1, -0.05) is 18.9 Å². The summed E-state index contributed by atoms with van der Waals surface area (Å²) in [5.41, 5.74) is 1.06. The second kappa shape index (κ2) is 13.9. The van der Waals surface area contributed by atoms with Gasteiger partial charge in [-0.3, -0.25) is 4.79 Å². The van der Waals surface area contributed by atoms with Crippen LogP contribution in [0.3, 0.4) is 0 Å². The summed E-state index contributed by atoms with van der Waals surface area (Å²) in [7, 11) is 1.59. The van der Waals surface area contributed by atoms with Crippen molar-refractivity contribution in [1.29, 1.82) is 0 Å². The average molecular weight is 514 g/mol. The lowest BCUT2D eigenvalue weighted by molar-refractivity contribution is -0.0386. The number of fused-ring (bicyclic) bond motifs is 1. The quantitative estimate of drug-likeness (QED) is 0.259. The molecule has 2 aromatic rings. The summed E-state index contributed by atoms with van der Waals surface area (Å²) in [6.45, 7) is 6.86. The molecule has 1 aliphatic carbocycles. The molecule has 0 radical (unpaired) electrons. The van der Waals surface area contributed by atoms with Gasteiger partial charge >= 0.3 is 0 Å². The van der Waals surface area contributed by atoms with Gasteiger partial charge in [0.25, 0.3) is 5.91 Å². The van der Waals surface area contributed by atoms with E-state index in [9.17, 15) is 4.79 Å². The van der Waals surface area contributed by atoms with Gasteiger partial charge in [-0.05, 0) is 71.0 Å². The van der Waals surface area contributed by atoms with E-state index in [4.69, 9.17) is 23.9 Å². The Morgan fingerprint density at radius 2 is 1.89 bits per heavy atom. The van der Waals surface area contributed by atoms with Gasteiger partial charge in [0, 0.05) is 37.2 Å². The third kappa shape index (κ3) is 7.33. The van der Waals surface area contributed by atoms with Crippen LogP contribution in [0.1, 0.15) is 75.7 Å². The molecular weight excluding hydrogens is 470 g/mol. The molecule has 0 bridgehead atoms.